The summed E-state index contributed by atoms with van der Waals surface area (Å²) in [6, 6.07) is 15.5. The SMILES string of the molecule is COCC1CN(c2ccc(-c3ccc(Cl)cc3)cc2)C(=O)O1. The van der Waals surface area contributed by atoms with E-state index in [9.17, 15) is 4.79 Å². The van der Waals surface area contributed by atoms with Crippen molar-refractivity contribution in [3.63, 3.8) is 0 Å². The molecule has 1 saturated heterocycles. The number of benzene rings is 2. The molecule has 22 heavy (non-hydrogen) atoms. The Bertz CT molecular complexity index is 655. The molecule has 0 saturated carbocycles. The smallest absolute Gasteiger partial charge is 0.414 e. The maximum absolute atomic E-state index is 11.9. The van der Waals surface area contributed by atoms with Crippen molar-refractivity contribution < 1.29 is 14.3 Å². The summed E-state index contributed by atoms with van der Waals surface area (Å²) in [7, 11) is 1.59. The monoisotopic (exact) mass is 317 g/mol. The van der Waals surface area contributed by atoms with Crippen LogP contribution < -0.4 is 4.90 Å². The van der Waals surface area contributed by atoms with E-state index in [4.69, 9.17) is 21.1 Å². The maximum Gasteiger partial charge on any atom is 0.414 e. The van der Waals surface area contributed by atoms with Crippen LogP contribution in [0.25, 0.3) is 11.1 Å². The fourth-order valence-electron chi connectivity index (χ4n) is 2.48. The molecule has 1 fully saturated rings. The van der Waals surface area contributed by atoms with Crippen molar-refractivity contribution in [3.05, 3.63) is 53.6 Å². The van der Waals surface area contributed by atoms with Crippen LogP contribution in [-0.2, 0) is 9.47 Å². The molecule has 1 unspecified atom stereocenters. The van der Waals surface area contributed by atoms with Gasteiger partial charge in [-0.15, -0.1) is 0 Å². The Labute approximate surface area is 134 Å². The van der Waals surface area contributed by atoms with Crippen molar-refractivity contribution in [3.8, 4) is 11.1 Å². The van der Waals surface area contributed by atoms with Gasteiger partial charge in [0.2, 0.25) is 0 Å². The van der Waals surface area contributed by atoms with Crippen LogP contribution in [0.2, 0.25) is 5.02 Å². The van der Waals surface area contributed by atoms with Gasteiger partial charge in [0.05, 0.1) is 13.2 Å². The molecule has 2 aromatic rings. The van der Waals surface area contributed by atoms with Gasteiger partial charge in [-0.3, -0.25) is 4.90 Å². The quantitative estimate of drug-likeness (QED) is 0.856. The van der Waals surface area contributed by atoms with E-state index in [1.807, 2.05) is 48.5 Å². The highest BCUT2D eigenvalue weighted by atomic mass is 35.5. The number of carbonyl (C=O) groups is 1. The van der Waals surface area contributed by atoms with Crippen LogP contribution in [0.15, 0.2) is 48.5 Å². The molecule has 4 nitrogen and oxygen atoms in total. The van der Waals surface area contributed by atoms with Crippen LogP contribution in [-0.4, -0.2) is 32.5 Å². The van der Waals surface area contributed by atoms with Crippen LogP contribution in [0.3, 0.4) is 0 Å². The predicted molar refractivity (Wildman–Crippen MR) is 86.4 cm³/mol. The van der Waals surface area contributed by atoms with Crippen molar-refractivity contribution in [1.82, 2.24) is 0 Å². The molecule has 1 atom stereocenters. The first-order chi connectivity index (χ1) is 10.7. The highest BCUT2D eigenvalue weighted by molar-refractivity contribution is 6.30. The van der Waals surface area contributed by atoms with Crippen LogP contribution >= 0.6 is 11.6 Å². The summed E-state index contributed by atoms with van der Waals surface area (Å²) >= 11 is 5.90. The number of halogens is 1. The Morgan fingerprint density at radius 2 is 1.73 bits per heavy atom. The van der Waals surface area contributed by atoms with E-state index >= 15 is 0 Å². The van der Waals surface area contributed by atoms with Crippen LogP contribution in [0, 0.1) is 0 Å². The Morgan fingerprint density at radius 3 is 2.32 bits per heavy atom. The first-order valence-corrected chi connectivity index (χ1v) is 7.38. The molecular weight excluding hydrogens is 302 g/mol. The second-order valence-corrected chi connectivity index (χ2v) is 5.56. The minimum atomic E-state index is -0.332. The molecule has 5 heteroatoms. The van der Waals surface area contributed by atoms with E-state index in [-0.39, 0.29) is 12.2 Å². The zero-order chi connectivity index (χ0) is 15.5. The normalized spacial score (nSPS) is 17.6. The van der Waals surface area contributed by atoms with Crippen molar-refractivity contribution in [1.29, 1.82) is 0 Å². The topological polar surface area (TPSA) is 38.8 Å². The number of methoxy groups -OCH3 is 1. The lowest BCUT2D eigenvalue weighted by atomic mass is 10.1. The number of cyclic esters (lactones) is 1. The molecule has 114 valence electrons. The number of anilines is 1. The third-order valence-corrected chi connectivity index (χ3v) is 3.84. The number of amides is 1. The van der Waals surface area contributed by atoms with Gasteiger partial charge < -0.3 is 9.47 Å². The Balaban J connectivity index is 1.77. The highest BCUT2D eigenvalue weighted by Gasteiger charge is 2.32. The van der Waals surface area contributed by atoms with Gasteiger partial charge in [-0.1, -0.05) is 35.9 Å². The summed E-state index contributed by atoms with van der Waals surface area (Å²) in [4.78, 5) is 13.5. The summed E-state index contributed by atoms with van der Waals surface area (Å²) < 4.78 is 10.3. The highest BCUT2D eigenvalue weighted by Crippen LogP contribution is 2.27. The van der Waals surface area contributed by atoms with Crippen molar-refractivity contribution in [2.45, 2.75) is 6.10 Å². The van der Waals surface area contributed by atoms with Gasteiger partial charge in [-0.25, -0.2) is 4.79 Å². The Hall–Kier alpha value is -2.04. The minimum absolute atomic E-state index is 0.214. The van der Waals surface area contributed by atoms with Gasteiger partial charge >= 0.3 is 6.09 Å². The number of hydrogen-bond donors (Lipinski definition) is 0. The number of nitrogens with zero attached hydrogens (tertiary/aromatic N) is 1. The minimum Gasteiger partial charge on any atom is -0.441 e. The molecule has 0 aromatic heterocycles. The molecular formula is C17H16ClNO3. The summed E-state index contributed by atoms with van der Waals surface area (Å²) in [5.41, 5.74) is 2.97. The number of hydrogen-bond acceptors (Lipinski definition) is 3. The zero-order valence-corrected chi connectivity index (χ0v) is 12.9. The molecule has 0 bridgehead atoms. The van der Waals surface area contributed by atoms with Crippen LogP contribution in [0.4, 0.5) is 10.5 Å². The molecule has 1 amide bonds. The van der Waals surface area contributed by atoms with E-state index in [0.717, 1.165) is 16.8 Å². The second kappa shape index (κ2) is 6.38. The number of ether oxygens (including phenoxy) is 2. The summed E-state index contributed by atoms with van der Waals surface area (Å²) in [6.45, 7) is 0.915. The van der Waals surface area contributed by atoms with Crippen LogP contribution in [0.5, 0.6) is 0 Å². The van der Waals surface area contributed by atoms with E-state index in [2.05, 4.69) is 0 Å². The van der Waals surface area contributed by atoms with Gasteiger partial charge in [-0.2, -0.15) is 0 Å². The fourth-order valence-corrected chi connectivity index (χ4v) is 2.61. The van der Waals surface area contributed by atoms with Gasteiger partial charge in [0.25, 0.3) is 0 Å². The second-order valence-electron chi connectivity index (χ2n) is 5.13. The Morgan fingerprint density at radius 1 is 1.14 bits per heavy atom. The molecule has 0 aliphatic carbocycles. The average Bonchev–Trinajstić information content (AvgIpc) is 2.89. The number of carbonyl (C=O) groups excluding carboxylic acids is 1. The first-order valence-electron chi connectivity index (χ1n) is 7.00. The predicted octanol–water partition coefficient (Wildman–Crippen LogP) is 3.98. The molecule has 2 aromatic carbocycles. The molecule has 0 radical (unpaired) electrons. The third-order valence-electron chi connectivity index (χ3n) is 3.58. The summed E-state index contributed by atoms with van der Waals surface area (Å²) in [6.07, 6.45) is -0.547. The van der Waals surface area contributed by atoms with Gasteiger partial charge in [0.1, 0.15) is 6.10 Å². The van der Waals surface area contributed by atoms with E-state index in [1.54, 1.807) is 12.0 Å². The van der Waals surface area contributed by atoms with E-state index < -0.39 is 0 Å². The lowest BCUT2D eigenvalue weighted by Gasteiger charge is -2.13. The third kappa shape index (κ3) is 3.08. The van der Waals surface area contributed by atoms with E-state index in [0.29, 0.717) is 18.2 Å². The zero-order valence-electron chi connectivity index (χ0n) is 12.2. The Kier molecular flexibility index (Phi) is 4.32. The van der Waals surface area contributed by atoms with Crippen LogP contribution in [0.1, 0.15) is 0 Å². The first kappa shape index (κ1) is 14.9. The summed E-state index contributed by atoms with van der Waals surface area (Å²) in [5, 5.41) is 0.712. The van der Waals surface area contributed by atoms with Crippen molar-refractivity contribution in [2.24, 2.45) is 0 Å². The molecule has 0 spiro atoms. The standard InChI is InChI=1S/C17H16ClNO3/c1-21-11-16-10-19(17(20)22-16)15-8-4-13(5-9-15)12-2-6-14(18)7-3-12/h2-9,16H,10-11H2,1H3. The lowest BCUT2D eigenvalue weighted by molar-refractivity contribution is 0.0718. The maximum atomic E-state index is 11.9. The number of rotatable bonds is 4. The van der Waals surface area contributed by atoms with Gasteiger partial charge in [-0.05, 0) is 35.4 Å². The molecule has 1 aliphatic rings. The lowest BCUT2D eigenvalue weighted by Crippen LogP contribution is -2.25. The average molecular weight is 318 g/mol. The summed E-state index contributed by atoms with van der Waals surface area (Å²) in [5.74, 6) is 0. The van der Waals surface area contributed by atoms with E-state index in [1.165, 1.54) is 0 Å². The van der Waals surface area contributed by atoms with Crippen molar-refractivity contribution in [2.75, 3.05) is 25.2 Å². The molecule has 1 aliphatic heterocycles. The molecule has 1 heterocycles. The largest absolute Gasteiger partial charge is 0.441 e. The van der Waals surface area contributed by atoms with Crippen molar-refractivity contribution >= 4 is 23.4 Å². The molecule has 0 N–H and O–H groups in total. The molecule has 3 rings (SSSR count). The van der Waals surface area contributed by atoms with Gasteiger partial charge in [0.15, 0.2) is 0 Å². The fraction of sp³-hybridized carbons (Fsp3) is 0.235. The van der Waals surface area contributed by atoms with Gasteiger partial charge in [0, 0.05) is 17.8 Å².